The Morgan fingerprint density at radius 1 is 1.35 bits per heavy atom. The van der Waals surface area contributed by atoms with E-state index in [1.807, 2.05) is 29.6 Å². The first-order valence-electron chi connectivity index (χ1n) is 9.37. The van der Waals surface area contributed by atoms with Crippen molar-refractivity contribution in [1.82, 2.24) is 25.2 Å². The molecule has 6 nitrogen and oxygen atoms in total. The number of hydrogen-bond donors (Lipinski definition) is 2. The SMILES string of the molecule is Cc1nc2c3ccccc3nn2c(C)c1CCC(=O)NC1CCCNC1. The summed E-state index contributed by atoms with van der Waals surface area (Å²) in [6.07, 6.45) is 3.34. The lowest BCUT2D eigenvalue weighted by molar-refractivity contribution is -0.121. The lowest BCUT2D eigenvalue weighted by Gasteiger charge is -2.23. The van der Waals surface area contributed by atoms with Crippen LogP contribution in [0.1, 0.15) is 36.2 Å². The van der Waals surface area contributed by atoms with Gasteiger partial charge in [0.15, 0.2) is 5.65 Å². The van der Waals surface area contributed by atoms with E-state index in [4.69, 9.17) is 4.98 Å². The first-order chi connectivity index (χ1) is 12.6. The number of amides is 1. The fourth-order valence-electron chi connectivity index (χ4n) is 3.85. The van der Waals surface area contributed by atoms with Crippen LogP contribution in [0, 0.1) is 13.8 Å². The summed E-state index contributed by atoms with van der Waals surface area (Å²) < 4.78 is 1.91. The van der Waals surface area contributed by atoms with Crippen molar-refractivity contribution in [2.24, 2.45) is 0 Å². The summed E-state index contributed by atoms with van der Waals surface area (Å²) in [5, 5.41) is 12.2. The highest BCUT2D eigenvalue weighted by atomic mass is 16.1. The van der Waals surface area contributed by atoms with E-state index in [0.717, 1.165) is 59.4 Å². The minimum atomic E-state index is 0.114. The maximum absolute atomic E-state index is 12.3. The molecule has 1 unspecified atom stereocenters. The Morgan fingerprint density at radius 3 is 3.00 bits per heavy atom. The van der Waals surface area contributed by atoms with E-state index < -0.39 is 0 Å². The standard InChI is InChI=1S/C20H25N5O/c1-13-16(9-10-19(26)23-15-6-5-11-21-12-15)14(2)25-20(22-13)17-7-3-4-8-18(17)24-25/h3-4,7-8,15,21H,5-6,9-12H2,1-2H3,(H,23,26). The largest absolute Gasteiger partial charge is 0.352 e. The van der Waals surface area contributed by atoms with Crippen LogP contribution >= 0.6 is 0 Å². The molecule has 3 aromatic rings. The minimum Gasteiger partial charge on any atom is -0.352 e. The van der Waals surface area contributed by atoms with Gasteiger partial charge in [-0.2, -0.15) is 5.10 Å². The summed E-state index contributed by atoms with van der Waals surface area (Å²) >= 11 is 0. The lowest BCUT2D eigenvalue weighted by Crippen LogP contribution is -2.45. The topological polar surface area (TPSA) is 71.3 Å². The van der Waals surface area contributed by atoms with Gasteiger partial charge >= 0.3 is 0 Å². The molecule has 2 N–H and O–H groups in total. The van der Waals surface area contributed by atoms with Gasteiger partial charge in [-0.25, -0.2) is 9.50 Å². The van der Waals surface area contributed by atoms with Crippen LogP contribution in [0.15, 0.2) is 24.3 Å². The average molecular weight is 351 g/mol. The predicted octanol–water partition coefficient (Wildman–Crippen LogP) is 2.30. The van der Waals surface area contributed by atoms with Gasteiger partial charge in [0.05, 0.1) is 5.52 Å². The first-order valence-corrected chi connectivity index (χ1v) is 9.37. The van der Waals surface area contributed by atoms with E-state index in [0.29, 0.717) is 12.8 Å². The molecule has 6 heteroatoms. The quantitative estimate of drug-likeness (QED) is 0.757. The summed E-state index contributed by atoms with van der Waals surface area (Å²) in [5.74, 6) is 0.114. The van der Waals surface area contributed by atoms with E-state index in [9.17, 15) is 4.79 Å². The molecule has 1 fully saturated rings. The molecule has 2 aromatic heterocycles. The molecule has 0 radical (unpaired) electrons. The molecule has 0 saturated carbocycles. The Labute approximate surface area is 153 Å². The molecule has 0 bridgehead atoms. The first kappa shape index (κ1) is 17.0. The van der Waals surface area contributed by atoms with Crippen LogP contribution < -0.4 is 10.6 Å². The van der Waals surface area contributed by atoms with Crippen molar-refractivity contribution in [3.05, 3.63) is 41.2 Å². The Kier molecular flexibility index (Phi) is 4.59. The Morgan fingerprint density at radius 2 is 2.19 bits per heavy atom. The summed E-state index contributed by atoms with van der Waals surface area (Å²) in [6, 6.07) is 8.31. The van der Waals surface area contributed by atoms with E-state index >= 15 is 0 Å². The van der Waals surface area contributed by atoms with Crippen molar-refractivity contribution in [1.29, 1.82) is 0 Å². The van der Waals surface area contributed by atoms with Crippen LogP contribution in [0.4, 0.5) is 0 Å². The number of rotatable bonds is 4. The summed E-state index contributed by atoms with van der Waals surface area (Å²) in [6.45, 7) is 6.00. The lowest BCUT2D eigenvalue weighted by atomic mass is 10.0. The van der Waals surface area contributed by atoms with Crippen molar-refractivity contribution in [2.75, 3.05) is 13.1 Å². The Balaban J connectivity index is 1.54. The second-order valence-corrected chi connectivity index (χ2v) is 7.12. The third kappa shape index (κ3) is 3.17. The van der Waals surface area contributed by atoms with Crippen molar-refractivity contribution in [2.45, 2.75) is 45.6 Å². The molecule has 0 aliphatic carbocycles. The van der Waals surface area contributed by atoms with Crippen LogP contribution in [0.5, 0.6) is 0 Å². The third-order valence-electron chi connectivity index (χ3n) is 5.28. The second kappa shape index (κ2) is 7.03. The third-order valence-corrected chi connectivity index (χ3v) is 5.28. The summed E-state index contributed by atoms with van der Waals surface area (Å²) in [5.41, 5.74) is 4.99. The molecule has 1 saturated heterocycles. The highest BCUT2D eigenvalue weighted by Crippen LogP contribution is 2.22. The molecule has 1 atom stereocenters. The van der Waals surface area contributed by atoms with Gasteiger partial charge in [-0.3, -0.25) is 4.79 Å². The maximum atomic E-state index is 12.3. The monoisotopic (exact) mass is 351 g/mol. The molecular weight excluding hydrogens is 326 g/mol. The fourth-order valence-corrected chi connectivity index (χ4v) is 3.85. The van der Waals surface area contributed by atoms with Gasteiger partial charge in [-0.05, 0) is 57.4 Å². The van der Waals surface area contributed by atoms with Crippen LogP contribution in [0.25, 0.3) is 16.6 Å². The van der Waals surface area contributed by atoms with Crippen LogP contribution in [-0.4, -0.2) is 39.6 Å². The summed E-state index contributed by atoms with van der Waals surface area (Å²) in [4.78, 5) is 17.1. The number of aryl methyl sites for hydroxylation is 2. The van der Waals surface area contributed by atoms with Crippen molar-refractivity contribution >= 4 is 22.5 Å². The zero-order chi connectivity index (χ0) is 18.1. The van der Waals surface area contributed by atoms with Crippen molar-refractivity contribution in [3.8, 4) is 0 Å². The van der Waals surface area contributed by atoms with Gasteiger partial charge in [-0.15, -0.1) is 0 Å². The van der Waals surface area contributed by atoms with E-state index in [1.165, 1.54) is 0 Å². The molecule has 26 heavy (non-hydrogen) atoms. The van der Waals surface area contributed by atoms with Gasteiger partial charge in [-0.1, -0.05) is 12.1 Å². The second-order valence-electron chi connectivity index (χ2n) is 7.12. The fraction of sp³-hybridized carbons (Fsp3) is 0.450. The molecule has 1 aromatic carbocycles. The zero-order valence-corrected chi connectivity index (χ0v) is 15.4. The number of carbonyl (C=O) groups excluding carboxylic acids is 1. The van der Waals surface area contributed by atoms with Crippen LogP contribution in [0.3, 0.4) is 0 Å². The van der Waals surface area contributed by atoms with Gasteiger partial charge in [0.2, 0.25) is 5.91 Å². The number of benzene rings is 1. The number of nitrogens with zero attached hydrogens (tertiary/aromatic N) is 3. The molecule has 3 heterocycles. The Bertz CT molecular complexity index is 956. The van der Waals surface area contributed by atoms with Gasteiger partial charge in [0.25, 0.3) is 0 Å². The number of carbonyl (C=O) groups is 1. The van der Waals surface area contributed by atoms with Gasteiger partial charge in [0.1, 0.15) is 0 Å². The number of nitrogens with one attached hydrogen (secondary N) is 2. The summed E-state index contributed by atoms with van der Waals surface area (Å²) in [7, 11) is 0. The van der Waals surface area contributed by atoms with Gasteiger partial charge < -0.3 is 10.6 Å². The van der Waals surface area contributed by atoms with E-state index in [-0.39, 0.29) is 11.9 Å². The molecule has 1 aliphatic heterocycles. The Hall–Kier alpha value is -2.47. The number of piperidine rings is 1. The van der Waals surface area contributed by atoms with E-state index in [2.05, 4.69) is 28.7 Å². The smallest absolute Gasteiger partial charge is 0.220 e. The molecule has 136 valence electrons. The molecule has 1 amide bonds. The van der Waals surface area contributed by atoms with E-state index in [1.54, 1.807) is 0 Å². The predicted molar refractivity (Wildman–Crippen MR) is 102 cm³/mol. The van der Waals surface area contributed by atoms with Crippen molar-refractivity contribution < 1.29 is 4.79 Å². The van der Waals surface area contributed by atoms with Crippen molar-refractivity contribution in [3.63, 3.8) is 0 Å². The van der Waals surface area contributed by atoms with Crippen LogP contribution in [0.2, 0.25) is 0 Å². The van der Waals surface area contributed by atoms with Crippen LogP contribution in [-0.2, 0) is 11.2 Å². The highest BCUT2D eigenvalue weighted by Gasteiger charge is 2.17. The maximum Gasteiger partial charge on any atom is 0.220 e. The number of aromatic nitrogens is 3. The minimum absolute atomic E-state index is 0.114. The zero-order valence-electron chi connectivity index (χ0n) is 15.4. The normalized spacial score (nSPS) is 17.7. The molecule has 1 aliphatic rings. The number of fused-ring (bicyclic) bond motifs is 3. The molecule has 4 rings (SSSR count). The molecule has 0 spiro atoms. The highest BCUT2D eigenvalue weighted by molar-refractivity contribution is 5.92. The number of hydrogen-bond acceptors (Lipinski definition) is 4. The average Bonchev–Trinajstić information content (AvgIpc) is 3.01. The molecular formula is C20H25N5O. The van der Waals surface area contributed by atoms with Gasteiger partial charge in [0, 0.05) is 35.8 Å².